The highest BCUT2D eigenvalue weighted by Gasteiger charge is 2.43. The van der Waals surface area contributed by atoms with E-state index in [0.717, 1.165) is 11.4 Å². The van der Waals surface area contributed by atoms with E-state index in [-0.39, 0.29) is 5.41 Å². The molecule has 0 aliphatic carbocycles. The second-order valence-electron chi connectivity index (χ2n) is 6.10. The van der Waals surface area contributed by atoms with Gasteiger partial charge in [0.05, 0.1) is 54.6 Å². The predicted molar refractivity (Wildman–Crippen MR) is 82.1 cm³/mol. The zero-order valence-electron chi connectivity index (χ0n) is 12.6. The van der Waals surface area contributed by atoms with Crippen LogP contribution >= 0.6 is 0 Å². The van der Waals surface area contributed by atoms with Crippen LogP contribution in [0.5, 0.6) is 0 Å². The number of H-pyrrole nitrogens is 2. The van der Waals surface area contributed by atoms with Gasteiger partial charge in [0.25, 0.3) is 0 Å². The number of hydrogen-bond donors (Lipinski definition) is 4. The van der Waals surface area contributed by atoms with E-state index in [4.69, 9.17) is 30.4 Å². The lowest BCUT2D eigenvalue weighted by atomic mass is 9.90. The van der Waals surface area contributed by atoms with Crippen molar-refractivity contribution in [2.24, 2.45) is 5.41 Å². The van der Waals surface area contributed by atoms with E-state index < -0.39 is 12.6 Å². The number of aromatic amines is 2. The molecule has 4 heterocycles. The molecule has 0 unspecified atom stereocenters. The fraction of sp³-hybridized carbons (Fsp3) is 0.467. The number of nitrogen functional groups attached to an aromatic ring is 2. The Balaban J connectivity index is 1.37. The number of nitrogens with two attached hydrogens (primary N) is 2. The van der Waals surface area contributed by atoms with Gasteiger partial charge in [-0.25, -0.2) is 0 Å². The molecule has 2 aliphatic heterocycles. The maximum absolute atomic E-state index is 5.87. The Morgan fingerprint density at radius 2 is 1.17 bits per heavy atom. The van der Waals surface area contributed by atoms with Gasteiger partial charge in [0.2, 0.25) is 12.6 Å². The monoisotopic (exact) mass is 320 g/mol. The average Bonchev–Trinajstić information content (AvgIpc) is 3.18. The Kier molecular flexibility index (Phi) is 3.53. The van der Waals surface area contributed by atoms with Gasteiger partial charge in [0.1, 0.15) is 0 Å². The fourth-order valence-electron chi connectivity index (χ4n) is 2.89. The molecule has 8 heteroatoms. The van der Waals surface area contributed by atoms with Crippen LogP contribution in [0.15, 0.2) is 24.5 Å². The number of anilines is 2. The van der Waals surface area contributed by atoms with Crippen LogP contribution in [0.25, 0.3) is 0 Å². The molecule has 2 aromatic rings. The summed E-state index contributed by atoms with van der Waals surface area (Å²) in [5, 5.41) is 0. The lowest BCUT2D eigenvalue weighted by Crippen LogP contribution is -2.49. The van der Waals surface area contributed by atoms with E-state index in [2.05, 4.69) is 9.97 Å². The summed E-state index contributed by atoms with van der Waals surface area (Å²) in [6.45, 7) is 1.90. The van der Waals surface area contributed by atoms with E-state index in [1.165, 1.54) is 0 Å². The zero-order valence-corrected chi connectivity index (χ0v) is 12.6. The van der Waals surface area contributed by atoms with Crippen LogP contribution in [-0.4, -0.2) is 36.4 Å². The molecule has 0 bridgehead atoms. The van der Waals surface area contributed by atoms with Crippen molar-refractivity contribution >= 4 is 11.4 Å². The first-order valence-electron chi connectivity index (χ1n) is 7.49. The lowest BCUT2D eigenvalue weighted by Gasteiger charge is -2.43. The van der Waals surface area contributed by atoms with Crippen LogP contribution in [0.2, 0.25) is 0 Å². The van der Waals surface area contributed by atoms with E-state index in [9.17, 15) is 0 Å². The molecule has 124 valence electrons. The van der Waals surface area contributed by atoms with Gasteiger partial charge in [-0.05, 0) is 12.1 Å². The molecule has 2 aromatic heterocycles. The molecule has 0 atom stereocenters. The van der Waals surface area contributed by atoms with Crippen molar-refractivity contribution in [3.05, 3.63) is 35.9 Å². The van der Waals surface area contributed by atoms with Crippen LogP contribution in [0, 0.1) is 5.41 Å². The molecular weight excluding hydrogens is 300 g/mol. The number of rotatable bonds is 2. The largest absolute Gasteiger partial charge is 0.397 e. The smallest absolute Gasteiger partial charge is 0.201 e. The van der Waals surface area contributed by atoms with Gasteiger partial charge < -0.3 is 40.4 Å². The van der Waals surface area contributed by atoms with Crippen LogP contribution in [-0.2, 0) is 18.9 Å². The first-order chi connectivity index (χ1) is 11.2. The van der Waals surface area contributed by atoms with Gasteiger partial charge in [-0.2, -0.15) is 0 Å². The Bertz CT molecular complexity index is 605. The number of ether oxygens (including phenoxy) is 4. The molecule has 8 nitrogen and oxygen atoms in total. The van der Waals surface area contributed by atoms with Crippen molar-refractivity contribution in [1.29, 1.82) is 0 Å². The average molecular weight is 320 g/mol. The quantitative estimate of drug-likeness (QED) is 0.661. The standard InChI is InChI=1S/C15H20N4O4/c16-9-1-3-18-11(9)13-20-5-15(6-21-13)7-22-14(23-8-15)12-10(17)2-4-19-12/h1-4,13-14,18-19H,5-8,16-17H2. The number of nitrogens with one attached hydrogen (secondary N) is 2. The number of hydrogen-bond acceptors (Lipinski definition) is 6. The van der Waals surface area contributed by atoms with Gasteiger partial charge in [0, 0.05) is 12.4 Å². The molecule has 0 aromatic carbocycles. The van der Waals surface area contributed by atoms with E-state index in [0.29, 0.717) is 37.8 Å². The summed E-state index contributed by atoms with van der Waals surface area (Å²) in [7, 11) is 0. The summed E-state index contributed by atoms with van der Waals surface area (Å²) in [6.07, 6.45) is 2.57. The normalized spacial score (nSPS) is 31.5. The molecule has 4 rings (SSSR count). The Hall–Kier alpha value is -2.00. The number of aromatic nitrogens is 2. The Labute approximate surface area is 133 Å². The molecule has 6 N–H and O–H groups in total. The molecule has 0 saturated carbocycles. The van der Waals surface area contributed by atoms with E-state index in [1.54, 1.807) is 24.5 Å². The van der Waals surface area contributed by atoms with E-state index >= 15 is 0 Å². The minimum Gasteiger partial charge on any atom is -0.397 e. The summed E-state index contributed by atoms with van der Waals surface area (Å²) < 4.78 is 23.3. The van der Waals surface area contributed by atoms with Gasteiger partial charge in [0.15, 0.2) is 0 Å². The highest BCUT2D eigenvalue weighted by atomic mass is 16.7. The summed E-state index contributed by atoms with van der Waals surface area (Å²) in [6, 6.07) is 3.56. The first kappa shape index (κ1) is 14.6. The minimum absolute atomic E-state index is 0.310. The minimum atomic E-state index is -0.479. The van der Waals surface area contributed by atoms with Gasteiger partial charge in [-0.3, -0.25) is 0 Å². The van der Waals surface area contributed by atoms with Crippen molar-refractivity contribution in [3.8, 4) is 0 Å². The van der Waals surface area contributed by atoms with Gasteiger partial charge in [-0.1, -0.05) is 0 Å². The Morgan fingerprint density at radius 3 is 1.48 bits per heavy atom. The van der Waals surface area contributed by atoms with Crippen molar-refractivity contribution in [2.45, 2.75) is 12.6 Å². The van der Waals surface area contributed by atoms with Crippen LogP contribution in [0.1, 0.15) is 24.0 Å². The third-order valence-corrected chi connectivity index (χ3v) is 4.26. The summed E-state index contributed by atoms with van der Waals surface area (Å²) in [5.74, 6) is 0. The molecule has 2 aliphatic rings. The highest BCUT2D eigenvalue weighted by molar-refractivity contribution is 5.44. The molecule has 23 heavy (non-hydrogen) atoms. The maximum atomic E-state index is 5.87. The van der Waals surface area contributed by atoms with Crippen LogP contribution in [0.4, 0.5) is 11.4 Å². The molecule has 0 radical (unpaired) electrons. The summed E-state index contributed by atoms with van der Waals surface area (Å²) in [5.41, 5.74) is 14.2. The van der Waals surface area contributed by atoms with Crippen molar-refractivity contribution < 1.29 is 18.9 Å². The zero-order chi connectivity index (χ0) is 15.9. The van der Waals surface area contributed by atoms with Gasteiger partial charge >= 0.3 is 0 Å². The van der Waals surface area contributed by atoms with Crippen molar-refractivity contribution in [3.63, 3.8) is 0 Å². The second-order valence-corrected chi connectivity index (χ2v) is 6.10. The highest BCUT2D eigenvalue weighted by Crippen LogP contribution is 2.39. The van der Waals surface area contributed by atoms with Crippen molar-refractivity contribution in [2.75, 3.05) is 37.9 Å². The van der Waals surface area contributed by atoms with E-state index in [1.807, 2.05) is 0 Å². The predicted octanol–water partition coefficient (Wildman–Crippen LogP) is 1.28. The topological polar surface area (TPSA) is 121 Å². The molecule has 2 saturated heterocycles. The lowest BCUT2D eigenvalue weighted by molar-refractivity contribution is -0.308. The van der Waals surface area contributed by atoms with Crippen molar-refractivity contribution in [1.82, 2.24) is 9.97 Å². The molecule has 1 spiro atoms. The fourth-order valence-corrected chi connectivity index (χ4v) is 2.89. The van der Waals surface area contributed by atoms with Gasteiger partial charge in [-0.15, -0.1) is 0 Å². The Morgan fingerprint density at radius 1 is 0.783 bits per heavy atom. The molecule has 0 amide bonds. The summed E-state index contributed by atoms with van der Waals surface area (Å²) >= 11 is 0. The van der Waals surface area contributed by atoms with Crippen LogP contribution < -0.4 is 11.5 Å². The second kappa shape index (κ2) is 5.57. The third-order valence-electron chi connectivity index (χ3n) is 4.26. The summed E-state index contributed by atoms with van der Waals surface area (Å²) in [4.78, 5) is 6.09. The SMILES string of the molecule is Nc1cc[nH]c1C1OCC2(CO1)COC(c1[nH]ccc1N)OC2. The van der Waals surface area contributed by atoms with Crippen LogP contribution in [0.3, 0.4) is 0 Å². The third kappa shape index (κ3) is 2.59. The molecule has 2 fully saturated rings. The maximum Gasteiger partial charge on any atom is 0.201 e. The molecular formula is C15H20N4O4. The first-order valence-corrected chi connectivity index (χ1v) is 7.49.